The number of Topliss-reactive ketones (excluding diaryl/α,β-unsaturated/α-hetero) is 1. The summed E-state index contributed by atoms with van der Waals surface area (Å²) in [5, 5.41) is 0. The first-order chi connectivity index (χ1) is 7.24. The van der Waals surface area contributed by atoms with E-state index in [1.165, 1.54) is 19.3 Å². The lowest BCUT2D eigenvalue weighted by atomic mass is 9.82. The molecule has 2 heteroatoms. The number of nitrogens with two attached hydrogens (primary N) is 1. The third kappa shape index (κ3) is 4.78. The maximum atomic E-state index is 11.9. The van der Waals surface area contributed by atoms with Crippen molar-refractivity contribution in [1.29, 1.82) is 0 Å². The first-order valence-electron chi connectivity index (χ1n) is 6.52. The summed E-state index contributed by atoms with van der Waals surface area (Å²) in [6, 6.07) is 0.281. The fraction of sp³-hybridized carbons (Fsp3) is 0.923. The molecule has 2 atom stereocenters. The van der Waals surface area contributed by atoms with Crippen LogP contribution in [0.1, 0.15) is 64.7 Å². The van der Waals surface area contributed by atoms with Crippen molar-refractivity contribution in [3.05, 3.63) is 0 Å². The summed E-state index contributed by atoms with van der Waals surface area (Å²) in [4.78, 5) is 11.9. The van der Waals surface area contributed by atoms with Crippen LogP contribution in [0.4, 0.5) is 0 Å². The van der Waals surface area contributed by atoms with Gasteiger partial charge in [-0.05, 0) is 25.7 Å². The number of hydrogen-bond acceptors (Lipinski definition) is 2. The van der Waals surface area contributed by atoms with E-state index in [9.17, 15) is 4.79 Å². The molecule has 88 valence electrons. The molecule has 0 heterocycles. The van der Waals surface area contributed by atoms with Crippen LogP contribution in [0.5, 0.6) is 0 Å². The molecule has 2 unspecified atom stereocenters. The molecule has 0 saturated heterocycles. The number of carbonyl (C=O) groups is 1. The molecule has 1 rings (SSSR count). The number of rotatable bonds is 6. The number of unbranched alkanes of at least 4 members (excludes halogenated alkanes) is 3. The Morgan fingerprint density at radius 3 is 2.73 bits per heavy atom. The van der Waals surface area contributed by atoms with Crippen LogP contribution >= 0.6 is 0 Å². The van der Waals surface area contributed by atoms with E-state index >= 15 is 0 Å². The molecular weight excluding hydrogens is 186 g/mol. The molecule has 1 fully saturated rings. The molecule has 1 aliphatic carbocycles. The molecule has 2 nitrogen and oxygen atoms in total. The molecule has 0 radical (unpaired) electrons. The average molecular weight is 211 g/mol. The topological polar surface area (TPSA) is 43.1 Å². The van der Waals surface area contributed by atoms with Crippen molar-refractivity contribution < 1.29 is 4.79 Å². The van der Waals surface area contributed by atoms with E-state index in [-0.39, 0.29) is 12.0 Å². The molecule has 1 aliphatic rings. The van der Waals surface area contributed by atoms with Crippen molar-refractivity contribution in [2.75, 3.05) is 0 Å². The minimum Gasteiger partial charge on any atom is -0.328 e. The van der Waals surface area contributed by atoms with Gasteiger partial charge in [-0.1, -0.05) is 32.6 Å². The molecule has 0 bridgehead atoms. The average Bonchev–Trinajstić information content (AvgIpc) is 2.24. The second-order valence-corrected chi connectivity index (χ2v) is 4.90. The van der Waals surface area contributed by atoms with Gasteiger partial charge in [0.2, 0.25) is 0 Å². The number of hydrogen-bond donors (Lipinski definition) is 1. The van der Waals surface area contributed by atoms with Crippen LogP contribution in [0, 0.1) is 5.92 Å². The fourth-order valence-electron chi connectivity index (χ4n) is 2.45. The highest BCUT2D eigenvalue weighted by molar-refractivity contribution is 5.81. The zero-order chi connectivity index (χ0) is 11.1. The normalized spacial score (nSPS) is 26.5. The van der Waals surface area contributed by atoms with E-state index in [1.807, 2.05) is 0 Å². The van der Waals surface area contributed by atoms with Crippen LogP contribution in [0.15, 0.2) is 0 Å². The Morgan fingerprint density at radius 2 is 2.07 bits per heavy atom. The van der Waals surface area contributed by atoms with Crippen molar-refractivity contribution in [2.24, 2.45) is 11.7 Å². The predicted molar refractivity (Wildman–Crippen MR) is 63.7 cm³/mol. The second kappa shape index (κ2) is 7.00. The van der Waals surface area contributed by atoms with Crippen molar-refractivity contribution in [3.63, 3.8) is 0 Å². The smallest absolute Gasteiger partial charge is 0.136 e. The lowest BCUT2D eigenvalue weighted by molar-refractivity contribution is -0.124. The van der Waals surface area contributed by atoms with E-state index in [2.05, 4.69) is 6.92 Å². The van der Waals surface area contributed by atoms with Crippen LogP contribution < -0.4 is 5.73 Å². The standard InChI is InChI=1S/C13H25NO/c1-2-3-4-5-9-13(15)11-7-6-8-12(14)10-11/h11-12H,2-10,14H2,1H3. The van der Waals surface area contributed by atoms with Crippen LogP contribution in [0.25, 0.3) is 0 Å². The number of carbonyl (C=O) groups excluding carboxylic acids is 1. The Labute approximate surface area is 93.6 Å². The zero-order valence-electron chi connectivity index (χ0n) is 10.0. The summed E-state index contributed by atoms with van der Waals surface area (Å²) in [5.74, 6) is 0.761. The molecule has 0 aromatic carbocycles. The highest BCUT2D eigenvalue weighted by Gasteiger charge is 2.24. The van der Waals surface area contributed by atoms with Crippen molar-refractivity contribution in [2.45, 2.75) is 70.8 Å². The van der Waals surface area contributed by atoms with Gasteiger partial charge in [0.05, 0.1) is 0 Å². The fourth-order valence-corrected chi connectivity index (χ4v) is 2.45. The zero-order valence-corrected chi connectivity index (χ0v) is 10.0. The van der Waals surface area contributed by atoms with E-state index in [0.29, 0.717) is 5.78 Å². The Morgan fingerprint density at radius 1 is 1.27 bits per heavy atom. The van der Waals surface area contributed by atoms with Gasteiger partial charge in [-0.25, -0.2) is 0 Å². The van der Waals surface area contributed by atoms with Crippen LogP contribution in [0.2, 0.25) is 0 Å². The maximum Gasteiger partial charge on any atom is 0.136 e. The molecule has 0 amide bonds. The van der Waals surface area contributed by atoms with Gasteiger partial charge in [0, 0.05) is 18.4 Å². The molecule has 1 saturated carbocycles. The summed E-state index contributed by atoms with van der Waals surface area (Å²) in [6.45, 7) is 2.20. The van der Waals surface area contributed by atoms with Gasteiger partial charge >= 0.3 is 0 Å². The minimum atomic E-state index is 0.281. The van der Waals surface area contributed by atoms with E-state index < -0.39 is 0 Å². The molecule has 0 aliphatic heterocycles. The van der Waals surface area contributed by atoms with E-state index in [0.717, 1.165) is 38.5 Å². The highest BCUT2D eigenvalue weighted by atomic mass is 16.1. The molecule has 0 aromatic heterocycles. The lowest BCUT2D eigenvalue weighted by Crippen LogP contribution is -2.31. The summed E-state index contributed by atoms with van der Waals surface area (Å²) >= 11 is 0. The monoisotopic (exact) mass is 211 g/mol. The van der Waals surface area contributed by atoms with E-state index in [1.54, 1.807) is 0 Å². The van der Waals surface area contributed by atoms with Gasteiger partial charge in [0.25, 0.3) is 0 Å². The summed E-state index contributed by atoms with van der Waals surface area (Å²) in [7, 11) is 0. The van der Waals surface area contributed by atoms with E-state index in [4.69, 9.17) is 5.73 Å². The van der Waals surface area contributed by atoms with Gasteiger partial charge in [-0.2, -0.15) is 0 Å². The Bertz CT molecular complexity index is 191. The lowest BCUT2D eigenvalue weighted by Gasteiger charge is -2.25. The largest absolute Gasteiger partial charge is 0.328 e. The SMILES string of the molecule is CCCCCCC(=O)C1CCCC(N)C1. The van der Waals surface area contributed by atoms with Gasteiger partial charge in [0.1, 0.15) is 5.78 Å². The Hall–Kier alpha value is -0.370. The Kier molecular flexibility index (Phi) is 5.92. The highest BCUT2D eigenvalue weighted by Crippen LogP contribution is 2.25. The third-order valence-corrected chi connectivity index (χ3v) is 3.45. The molecular formula is C13H25NO. The van der Waals surface area contributed by atoms with Crippen LogP contribution in [-0.4, -0.2) is 11.8 Å². The van der Waals surface area contributed by atoms with Gasteiger partial charge in [-0.3, -0.25) is 4.79 Å². The molecule has 0 aromatic rings. The van der Waals surface area contributed by atoms with Crippen molar-refractivity contribution >= 4 is 5.78 Å². The third-order valence-electron chi connectivity index (χ3n) is 3.45. The molecule has 15 heavy (non-hydrogen) atoms. The maximum absolute atomic E-state index is 11.9. The van der Waals surface area contributed by atoms with Gasteiger partial charge < -0.3 is 5.73 Å². The van der Waals surface area contributed by atoms with Gasteiger partial charge in [0.15, 0.2) is 0 Å². The molecule has 0 spiro atoms. The van der Waals surface area contributed by atoms with Crippen LogP contribution in [-0.2, 0) is 4.79 Å². The van der Waals surface area contributed by atoms with Gasteiger partial charge in [-0.15, -0.1) is 0 Å². The predicted octanol–water partition coefficient (Wildman–Crippen LogP) is 3.04. The quantitative estimate of drug-likeness (QED) is 0.686. The van der Waals surface area contributed by atoms with Crippen LogP contribution in [0.3, 0.4) is 0 Å². The number of ketones is 1. The summed E-state index contributed by atoms with van der Waals surface area (Å²) in [6.07, 6.45) is 9.86. The van der Waals surface area contributed by atoms with Crippen molar-refractivity contribution in [1.82, 2.24) is 0 Å². The first-order valence-corrected chi connectivity index (χ1v) is 6.52. The summed E-state index contributed by atoms with van der Waals surface area (Å²) < 4.78 is 0. The second-order valence-electron chi connectivity index (χ2n) is 4.90. The van der Waals surface area contributed by atoms with Crippen molar-refractivity contribution in [3.8, 4) is 0 Å². The minimum absolute atomic E-state index is 0.281. The summed E-state index contributed by atoms with van der Waals surface area (Å²) in [5.41, 5.74) is 5.89. The Balaban J connectivity index is 2.15. The molecule has 2 N–H and O–H groups in total. The first kappa shape index (κ1) is 12.7.